The number of aliphatic hydroxyl groups is 1. The number of hydrogen-bond donors (Lipinski definition) is 2. The molecule has 7 nitrogen and oxygen atoms in total. The van der Waals surface area contributed by atoms with Crippen molar-refractivity contribution >= 4 is 33.6 Å². The summed E-state index contributed by atoms with van der Waals surface area (Å²) in [6, 6.07) is 5.55. The van der Waals surface area contributed by atoms with Crippen LogP contribution in [0, 0.1) is 12.8 Å². The summed E-state index contributed by atoms with van der Waals surface area (Å²) in [5.41, 5.74) is 4.51. The lowest BCUT2D eigenvalue weighted by Crippen LogP contribution is -2.15. The van der Waals surface area contributed by atoms with Crippen LogP contribution in [0.25, 0.3) is 33.0 Å². The molecule has 1 saturated carbocycles. The predicted molar refractivity (Wildman–Crippen MR) is 114 cm³/mol. The summed E-state index contributed by atoms with van der Waals surface area (Å²) in [5.74, 6) is -0.593. The number of hydrogen-bond acceptors (Lipinski definition) is 6. The van der Waals surface area contributed by atoms with Gasteiger partial charge in [0.2, 0.25) is 5.91 Å². The Morgan fingerprint density at radius 3 is 2.77 bits per heavy atom. The molecule has 1 fully saturated rings. The minimum atomic E-state index is -1.06. The van der Waals surface area contributed by atoms with Crippen molar-refractivity contribution in [3.8, 4) is 11.1 Å². The maximum atomic E-state index is 13.2. The van der Waals surface area contributed by atoms with Gasteiger partial charge in [-0.05, 0) is 43.5 Å². The van der Waals surface area contributed by atoms with Crippen molar-refractivity contribution in [1.82, 2.24) is 15.0 Å². The Kier molecular flexibility index (Phi) is 4.66. The van der Waals surface area contributed by atoms with Gasteiger partial charge >= 0.3 is 0 Å². The van der Waals surface area contributed by atoms with E-state index in [0.29, 0.717) is 29.0 Å². The third kappa shape index (κ3) is 3.42. The van der Waals surface area contributed by atoms with E-state index in [4.69, 9.17) is 4.42 Å². The number of nitrogens with one attached hydrogen (secondary N) is 1. The van der Waals surface area contributed by atoms with Gasteiger partial charge in [-0.1, -0.05) is 6.92 Å². The average molecular weight is 420 g/mol. The van der Waals surface area contributed by atoms with Gasteiger partial charge in [0.15, 0.2) is 12.0 Å². The van der Waals surface area contributed by atoms with Crippen molar-refractivity contribution in [3.05, 3.63) is 48.2 Å². The molecule has 0 aliphatic heterocycles. The molecule has 3 heterocycles. The zero-order chi connectivity index (χ0) is 21.7. The smallest absolute Gasteiger partial charge is 0.231 e. The number of aromatic nitrogens is 3. The molecule has 1 aromatic carbocycles. The van der Waals surface area contributed by atoms with Crippen molar-refractivity contribution in [2.75, 3.05) is 5.32 Å². The first-order chi connectivity index (χ1) is 15.0. The highest BCUT2D eigenvalue weighted by Crippen LogP contribution is 2.37. The molecule has 0 saturated heterocycles. The Bertz CT molecular complexity index is 1320. The Morgan fingerprint density at radius 1 is 1.26 bits per heavy atom. The molecule has 3 atom stereocenters. The molecule has 0 radical (unpaired) electrons. The van der Waals surface area contributed by atoms with Crippen LogP contribution in [0.2, 0.25) is 0 Å². The number of aliphatic hydroxyl groups excluding tert-OH is 1. The fraction of sp³-hybridized carbons (Fsp3) is 0.304. The standard InChI is InChI=1S/C23H21FN4O3/c1-3-19(29)18-4-11(2)16(9-25-18)14-5-12-8-26-20(28-23(30)15-6-17(15)24)7-13(12)21-22(14)31-10-27-21/h4-5,7-10,15,17,19,29H,3,6H2,1-2H3,(H,26,28,30)/t15-,17+,19?/m0/s1. The molecule has 1 amide bonds. The first-order valence-corrected chi connectivity index (χ1v) is 10.2. The van der Waals surface area contributed by atoms with Crippen LogP contribution in [0.5, 0.6) is 0 Å². The SMILES string of the molecule is CCC(O)c1cc(C)c(-c2cc3cnc(NC(=O)[C@H]4C[C@H]4F)cc3c3ncoc23)cn1. The molecule has 4 aromatic rings. The van der Waals surface area contributed by atoms with Crippen molar-refractivity contribution in [2.24, 2.45) is 5.92 Å². The predicted octanol–water partition coefficient (Wildman–Crippen LogP) is 4.49. The molecule has 1 aliphatic rings. The molecule has 1 aliphatic carbocycles. The van der Waals surface area contributed by atoms with Crippen LogP contribution in [-0.4, -0.2) is 32.1 Å². The molecule has 8 heteroatoms. The zero-order valence-corrected chi connectivity index (χ0v) is 17.1. The molecule has 158 valence electrons. The number of halogens is 1. The number of oxazole rings is 1. The van der Waals surface area contributed by atoms with Crippen molar-refractivity contribution in [2.45, 2.75) is 39.0 Å². The number of rotatable bonds is 5. The van der Waals surface area contributed by atoms with Crippen LogP contribution in [-0.2, 0) is 4.79 Å². The van der Waals surface area contributed by atoms with Crippen LogP contribution in [0.1, 0.15) is 37.1 Å². The van der Waals surface area contributed by atoms with Gasteiger partial charge < -0.3 is 14.8 Å². The summed E-state index contributed by atoms with van der Waals surface area (Å²) < 4.78 is 18.9. The second-order valence-electron chi connectivity index (χ2n) is 7.94. The van der Waals surface area contributed by atoms with E-state index in [-0.39, 0.29) is 12.3 Å². The van der Waals surface area contributed by atoms with E-state index in [1.54, 1.807) is 18.5 Å². The van der Waals surface area contributed by atoms with Gasteiger partial charge in [0.05, 0.1) is 17.7 Å². The number of carbonyl (C=O) groups is 1. The van der Waals surface area contributed by atoms with Gasteiger partial charge in [-0.15, -0.1) is 0 Å². The Morgan fingerprint density at radius 2 is 2.06 bits per heavy atom. The number of amides is 1. The number of nitrogens with zero attached hydrogens (tertiary/aromatic N) is 3. The Labute approximate surface area is 177 Å². The number of fused-ring (bicyclic) bond motifs is 3. The normalized spacial score (nSPS) is 19.0. The van der Waals surface area contributed by atoms with E-state index in [9.17, 15) is 14.3 Å². The molecule has 1 unspecified atom stereocenters. The number of alkyl halides is 1. The van der Waals surface area contributed by atoms with E-state index in [1.165, 1.54) is 6.39 Å². The van der Waals surface area contributed by atoms with E-state index >= 15 is 0 Å². The van der Waals surface area contributed by atoms with Crippen molar-refractivity contribution in [3.63, 3.8) is 0 Å². The van der Waals surface area contributed by atoms with Crippen molar-refractivity contribution < 1.29 is 18.7 Å². The van der Waals surface area contributed by atoms with Gasteiger partial charge in [-0.3, -0.25) is 9.78 Å². The maximum absolute atomic E-state index is 13.2. The molecule has 0 bridgehead atoms. The summed E-state index contributed by atoms with van der Waals surface area (Å²) in [4.78, 5) is 25.2. The van der Waals surface area contributed by atoms with Crippen LogP contribution < -0.4 is 5.32 Å². The van der Waals surface area contributed by atoms with E-state index in [0.717, 1.165) is 27.5 Å². The van der Waals surface area contributed by atoms with Crippen LogP contribution in [0.3, 0.4) is 0 Å². The van der Waals surface area contributed by atoms with Gasteiger partial charge in [0.25, 0.3) is 0 Å². The second kappa shape index (κ2) is 7.39. The minimum Gasteiger partial charge on any atom is -0.443 e. The third-order valence-electron chi connectivity index (χ3n) is 5.75. The fourth-order valence-corrected chi connectivity index (χ4v) is 3.81. The molecular formula is C23H21FN4O3. The number of aryl methyl sites for hydroxylation is 1. The molecule has 3 aromatic heterocycles. The van der Waals surface area contributed by atoms with E-state index in [1.807, 2.05) is 26.0 Å². The molecule has 31 heavy (non-hydrogen) atoms. The van der Waals surface area contributed by atoms with Crippen molar-refractivity contribution in [1.29, 1.82) is 0 Å². The topological polar surface area (TPSA) is 101 Å². The fourth-order valence-electron chi connectivity index (χ4n) is 3.81. The summed E-state index contributed by atoms with van der Waals surface area (Å²) in [7, 11) is 0. The lowest BCUT2D eigenvalue weighted by atomic mass is 9.97. The number of carbonyl (C=O) groups excluding carboxylic acids is 1. The van der Waals surface area contributed by atoms with E-state index < -0.39 is 18.2 Å². The zero-order valence-electron chi connectivity index (χ0n) is 17.1. The minimum absolute atomic E-state index is 0.262. The lowest BCUT2D eigenvalue weighted by molar-refractivity contribution is -0.117. The largest absolute Gasteiger partial charge is 0.443 e. The van der Waals surface area contributed by atoms with Gasteiger partial charge in [-0.2, -0.15) is 0 Å². The second-order valence-corrected chi connectivity index (χ2v) is 7.94. The number of pyridine rings is 2. The Balaban J connectivity index is 1.58. The van der Waals surface area contributed by atoms with Crippen LogP contribution in [0.15, 0.2) is 41.4 Å². The first-order valence-electron chi connectivity index (χ1n) is 10.2. The highest BCUT2D eigenvalue weighted by Gasteiger charge is 2.43. The molecular weight excluding hydrogens is 399 g/mol. The summed E-state index contributed by atoms with van der Waals surface area (Å²) in [6.07, 6.45) is 3.95. The summed E-state index contributed by atoms with van der Waals surface area (Å²) in [5, 5.41) is 14.4. The Hall–Kier alpha value is -3.39. The van der Waals surface area contributed by atoms with E-state index in [2.05, 4.69) is 20.3 Å². The first kappa shape index (κ1) is 19.6. The van der Waals surface area contributed by atoms with Crippen LogP contribution in [0.4, 0.5) is 10.2 Å². The molecule has 0 spiro atoms. The highest BCUT2D eigenvalue weighted by molar-refractivity contribution is 6.10. The quantitative estimate of drug-likeness (QED) is 0.493. The summed E-state index contributed by atoms with van der Waals surface area (Å²) in [6.45, 7) is 3.86. The highest BCUT2D eigenvalue weighted by atomic mass is 19.1. The maximum Gasteiger partial charge on any atom is 0.231 e. The third-order valence-corrected chi connectivity index (χ3v) is 5.75. The molecule has 2 N–H and O–H groups in total. The van der Waals surface area contributed by atoms with Gasteiger partial charge in [-0.25, -0.2) is 14.4 Å². The number of anilines is 1. The van der Waals surface area contributed by atoms with Gasteiger partial charge in [0.1, 0.15) is 17.5 Å². The van der Waals surface area contributed by atoms with Crippen LogP contribution >= 0.6 is 0 Å². The lowest BCUT2D eigenvalue weighted by Gasteiger charge is -2.12. The van der Waals surface area contributed by atoms with Gasteiger partial charge in [0, 0.05) is 34.3 Å². The number of benzene rings is 1. The molecule has 5 rings (SSSR count). The summed E-state index contributed by atoms with van der Waals surface area (Å²) >= 11 is 0. The monoisotopic (exact) mass is 420 g/mol. The average Bonchev–Trinajstić information content (AvgIpc) is 3.30.